The number of ketones is 1. The van der Waals surface area contributed by atoms with Crippen LogP contribution in [0.3, 0.4) is 0 Å². The van der Waals surface area contributed by atoms with Gasteiger partial charge in [0.25, 0.3) is 0 Å². The van der Waals surface area contributed by atoms with Gasteiger partial charge in [-0.2, -0.15) is 0 Å². The van der Waals surface area contributed by atoms with Crippen LogP contribution in [0.15, 0.2) is 35.3 Å². The molecule has 2 fully saturated rings. The van der Waals surface area contributed by atoms with E-state index in [2.05, 4.69) is 15.6 Å². The molecule has 198 valence electrons. The van der Waals surface area contributed by atoms with Crippen molar-refractivity contribution in [2.45, 2.75) is 95.7 Å². The molecule has 1 aromatic rings. The maximum absolute atomic E-state index is 13.6. The number of nitrogens with zero attached hydrogens (tertiary/aromatic N) is 2. The summed E-state index contributed by atoms with van der Waals surface area (Å²) in [5, 5.41) is 6.15. The van der Waals surface area contributed by atoms with Gasteiger partial charge in [-0.3, -0.25) is 4.79 Å². The van der Waals surface area contributed by atoms with Gasteiger partial charge in [-0.15, -0.1) is 0 Å². The molecule has 7 nitrogen and oxygen atoms in total. The molecule has 1 aromatic carbocycles. The number of aliphatic imine (C=N–C) groups is 1. The number of nitrogens with one attached hydrogen (secondary N) is 2. The Hall–Kier alpha value is -2.57. The van der Waals surface area contributed by atoms with Crippen LogP contribution in [0.1, 0.15) is 82.6 Å². The van der Waals surface area contributed by atoms with Crippen LogP contribution < -0.4 is 16.4 Å². The van der Waals surface area contributed by atoms with Gasteiger partial charge >= 0.3 is 6.03 Å². The van der Waals surface area contributed by atoms with Gasteiger partial charge in [-0.05, 0) is 49.5 Å². The molecule has 2 amide bonds. The van der Waals surface area contributed by atoms with Crippen LogP contribution in [-0.2, 0) is 11.3 Å². The number of benzene rings is 1. The zero-order valence-corrected chi connectivity index (χ0v) is 22.0. The highest BCUT2D eigenvalue weighted by Crippen LogP contribution is 2.33. The largest absolute Gasteiger partial charge is 0.370 e. The molecule has 4 atom stereocenters. The number of amides is 2. The maximum atomic E-state index is 13.6. The van der Waals surface area contributed by atoms with Crippen molar-refractivity contribution in [3.63, 3.8) is 0 Å². The van der Waals surface area contributed by atoms with E-state index in [1.807, 2.05) is 42.3 Å². The molecule has 7 heteroatoms. The first-order chi connectivity index (χ1) is 17.5. The van der Waals surface area contributed by atoms with Crippen LogP contribution in [-0.4, -0.2) is 48.3 Å². The van der Waals surface area contributed by atoms with Crippen LogP contribution in [0.5, 0.6) is 0 Å². The van der Waals surface area contributed by atoms with Crippen LogP contribution in [0.4, 0.5) is 4.79 Å². The van der Waals surface area contributed by atoms with Crippen LogP contribution >= 0.6 is 0 Å². The average Bonchev–Trinajstić information content (AvgIpc) is 2.99. The van der Waals surface area contributed by atoms with Crippen molar-refractivity contribution in [3.05, 3.63) is 35.9 Å². The number of carbonyl (C=O) groups excluding carboxylic acids is 2. The minimum atomic E-state index is -0.303. The van der Waals surface area contributed by atoms with Crippen LogP contribution in [0.2, 0.25) is 0 Å². The molecule has 1 aliphatic heterocycles. The number of hydrogen-bond acceptors (Lipinski definition) is 5. The third-order valence-electron chi connectivity index (χ3n) is 8.51. The van der Waals surface area contributed by atoms with E-state index in [-0.39, 0.29) is 29.8 Å². The SMILES string of the molecule is CN1C[C@@H](C[C@H]2CCC[C@@H](NC(=O)NCc3ccccc3)C2)C(=O)[C@H](CCC2CCCCC2)N=C1N. The average molecular weight is 496 g/mol. The Balaban J connectivity index is 1.28. The summed E-state index contributed by atoms with van der Waals surface area (Å²) >= 11 is 0. The molecular formula is C29H45N5O2. The van der Waals surface area contributed by atoms with E-state index >= 15 is 0 Å². The summed E-state index contributed by atoms with van der Waals surface area (Å²) in [6, 6.07) is 9.69. The normalized spacial score (nSPS) is 27.8. The van der Waals surface area contributed by atoms with Crippen molar-refractivity contribution in [3.8, 4) is 0 Å². The lowest BCUT2D eigenvalue weighted by molar-refractivity contribution is -0.125. The smallest absolute Gasteiger partial charge is 0.315 e. The number of Topliss-reactive ketones (excluding diaryl/α,β-unsaturated/α-hetero) is 1. The molecule has 0 radical (unpaired) electrons. The van der Waals surface area contributed by atoms with Gasteiger partial charge in [0, 0.05) is 32.1 Å². The fourth-order valence-electron chi connectivity index (χ4n) is 6.43. The predicted molar refractivity (Wildman–Crippen MR) is 145 cm³/mol. The molecule has 0 aromatic heterocycles. The van der Waals surface area contributed by atoms with E-state index in [1.165, 1.54) is 32.1 Å². The first-order valence-corrected chi connectivity index (χ1v) is 14.1. The van der Waals surface area contributed by atoms with Crippen molar-refractivity contribution < 1.29 is 9.59 Å². The molecule has 1 heterocycles. The quantitative estimate of drug-likeness (QED) is 0.490. The zero-order valence-electron chi connectivity index (χ0n) is 22.0. The Morgan fingerprint density at radius 2 is 1.78 bits per heavy atom. The Kier molecular flexibility index (Phi) is 9.65. The van der Waals surface area contributed by atoms with Gasteiger partial charge in [-0.1, -0.05) is 75.3 Å². The molecule has 2 saturated carbocycles. The van der Waals surface area contributed by atoms with Crippen molar-refractivity contribution in [2.75, 3.05) is 13.6 Å². The second kappa shape index (κ2) is 13.1. The molecular weight excluding hydrogens is 450 g/mol. The predicted octanol–water partition coefficient (Wildman–Crippen LogP) is 4.61. The lowest BCUT2D eigenvalue weighted by atomic mass is 9.77. The van der Waals surface area contributed by atoms with E-state index in [0.29, 0.717) is 25.0 Å². The van der Waals surface area contributed by atoms with Gasteiger partial charge < -0.3 is 21.3 Å². The summed E-state index contributed by atoms with van der Waals surface area (Å²) in [4.78, 5) is 32.7. The highest BCUT2D eigenvalue weighted by Gasteiger charge is 2.35. The number of nitrogens with two attached hydrogens (primary N) is 1. The van der Waals surface area contributed by atoms with E-state index in [9.17, 15) is 9.59 Å². The fraction of sp³-hybridized carbons (Fsp3) is 0.690. The zero-order chi connectivity index (χ0) is 25.3. The number of carbonyl (C=O) groups is 2. The van der Waals surface area contributed by atoms with Crippen molar-refractivity contribution in [2.24, 2.45) is 28.5 Å². The molecule has 36 heavy (non-hydrogen) atoms. The minimum Gasteiger partial charge on any atom is -0.370 e. The van der Waals surface area contributed by atoms with Crippen LogP contribution in [0, 0.1) is 17.8 Å². The number of rotatable bonds is 8. The monoisotopic (exact) mass is 495 g/mol. The minimum absolute atomic E-state index is 0.0492. The van der Waals surface area contributed by atoms with E-state index < -0.39 is 0 Å². The summed E-state index contributed by atoms with van der Waals surface area (Å²) in [5.41, 5.74) is 7.34. The second-order valence-electron chi connectivity index (χ2n) is 11.3. The van der Waals surface area contributed by atoms with Gasteiger partial charge in [0.1, 0.15) is 6.04 Å². The molecule has 4 N–H and O–H groups in total. The molecule has 4 rings (SSSR count). The molecule has 2 aliphatic carbocycles. The molecule has 0 bridgehead atoms. The van der Waals surface area contributed by atoms with Crippen molar-refractivity contribution in [1.82, 2.24) is 15.5 Å². The Morgan fingerprint density at radius 3 is 2.56 bits per heavy atom. The highest BCUT2D eigenvalue weighted by atomic mass is 16.2. The third-order valence-corrected chi connectivity index (χ3v) is 8.51. The summed E-state index contributed by atoms with van der Waals surface area (Å²) in [6.45, 7) is 1.16. The lowest BCUT2D eigenvalue weighted by Crippen LogP contribution is -2.44. The van der Waals surface area contributed by atoms with Gasteiger partial charge in [0.2, 0.25) is 0 Å². The molecule has 3 aliphatic rings. The topological polar surface area (TPSA) is 99.8 Å². The number of urea groups is 1. The highest BCUT2D eigenvalue weighted by molar-refractivity contribution is 5.92. The Labute approximate surface area is 216 Å². The van der Waals surface area contributed by atoms with Crippen LogP contribution in [0.25, 0.3) is 0 Å². The summed E-state index contributed by atoms with van der Waals surface area (Å²) in [5.74, 6) is 1.89. The van der Waals surface area contributed by atoms with Gasteiger partial charge in [0.15, 0.2) is 11.7 Å². The Bertz CT molecular complexity index is 883. The van der Waals surface area contributed by atoms with Gasteiger partial charge in [0.05, 0.1) is 0 Å². The maximum Gasteiger partial charge on any atom is 0.315 e. The summed E-state index contributed by atoms with van der Waals surface area (Å²) < 4.78 is 0. The van der Waals surface area contributed by atoms with Crippen molar-refractivity contribution in [1.29, 1.82) is 0 Å². The second-order valence-corrected chi connectivity index (χ2v) is 11.3. The standard InChI is InChI=1S/C29H45N5O2/c1-34-20-24(27(35)26(33-28(34)30)16-15-21-9-4-2-5-10-21)17-23-13-8-14-25(18-23)32-29(36)31-19-22-11-6-3-7-12-22/h3,6-7,11-12,21,23-26H,2,4-5,8-10,13-20H2,1H3,(H2,30,33)(H2,31,32,36)/t23-,24-,25-,26+/m1/s1. The lowest BCUT2D eigenvalue weighted by Gasteiger charge is -2.32. The number of guanidine groups is 1. The van der Waals surface area contributed by atoms with E-state index in [4.69, 9.17) is 5.73 Å². The molecule has 0 spiro atoms. The van der Waals surface area contributed by atoms with Crippen molar-refractivity contribution >= 4 is 17.8 Å². The first kappa shape index (κ1) is 26.5. The molecule has 0 unspecified atom stereocenters. The fourth-order valence-corrected chi connectivity index (χ4v) is 6.43. The third kappa shape index (κ3) is 7.71. The van der Waals surface area contributed by atoms with E-state index in [0.717, 1.165) is 56.4 Å². The van der Waals surface area contributed by atoms with E-state index in [1.54, 1.807) is 0 Å². The first-order valence-electron chi connectivity index (χ1n) is 14.1. The Morgan fingerprint density at radius 1 is 1.03 bits per heavy atom. The number of hydrogen-bond donors (Lipinski definition) is 3. The molecule has 0 saturated heterocycles. The van der Waals surface area contributed by atoms with Gasteiger partial charge in [-0.25, -0.2) is 9.79 Å². The summed E-state index contributed by atoms with van der Waals surface area (Å²) in [7, 11) is 1.95. The summed E-state index contributed by atoms with van der Waals surface area (Å²) in [6.07, 6.45) is 13.4.